The van der Waals surface area contributed by atoms with Gasteiger partial charge in [0.1, 0.15) is 6.54 Å². The number of hydrogen-bond donors (Lipinski definition) is 2. The van der Waals surface area contributed by atoms with Crippen LogP contribution in [0.3, 0.4) is 0 Å². The van der Waals surface area contributed by atoms with Crippen LogP contribution in [0.5, 0.6) is 0 Å². The Kier molecular flexibility index (Phi) is 4.67. The van der Waals surface area contributed by atoms with E-state index in [9.17, 15) is 9.59 Å². The van der Waals surface area contributed by atoms with Crippen LogP contribution >= 0.6 is 0 Å². The Hall–Kier alpha value is -1.96. The van der Waals surface area contributed by atoms with Crippen LogP contribution < -0.4 is 5.32 Å². The maximum absolute atomic E-state index is 11.8. The number of hydrogen-bond acceptors (Lipinski definition) is 5. The summed E-state index contributed by atoms with van der Waals surface area (Å²) in [4.78, 5) is 22.8. The van der Waals surface area contributed by atoms with E-state index in [0.717, 1.165) is 19.3 Å². The molecule has 1 aliphatic rings. The highest BCUT2D eigenvalue weighted by molar-refractivity contribution is 5.87. The Bertz CT molecular complexity index is 496. The number of methoxy groups -OCH3 is 1. The van der Waals surface area contributed by atoms with E-state index in [1.807, 2.05) is 0 Å². The second-order valence-electron chi connectivity index (χ2n) is 4.76. The first-order valence-corrected chi connectivity index (χ1v) is 6.55. The molecule has 1 aliphatic carbocycles. The molecular formula is C12H18N4O4. The van der Waals surface area contributed by atoms with Gasteiger partial charge in [-0.15, -0.1) is 5.10 Å². The number of carbonyl (C=O) groups is 2. The van der Waals surface area contributed by atoms with Gasteiger partial charge in [-0.2, -0.15) is 0 Å². The van der Waals surface area contributed by atoms with Crippen LogP contribution in [0.4, 0.5) is 0 Å². The van der Waals surface area contributed by atoms with E-state index in [0.29, 0.717) is 18.8 Å². The summed E-state index contributed by atoms with van der Waals surface area (Å²) in [5.74, 6) is -1.14. The topological polar surface area (TPSA) is 106 Å². The number of carboxylic acid groups (broad SMARTS) is 1. The Morgan fingerprint density at radius 1 is 1.50 bits per heavy atom. The molecule has 2 rings (SSSR count). The van der Waals surface area contributed by atoms with Crippen molar-refractivity contribution in [3.05, 3.63) is 11.4 Å². The molecule has 0 saturated heterocycles. The van der Waals surface area contributed by atoms with Gasteiger partial charge in [0.05, 0.1) is 5.69 Å². The number of amides is 1. The minimum absolute atomic E-state index is 0.000897. The molecule has 1 saturated carbocycles. The average Bonchev–Trinajstić information content (AvgIpc) is 3.16. The van der Waals surface area contributed by atoms with Crippen molar-refractivity contribution in [2.45, 2.75) is 31.7 Å². The number of aromatic nitrogens is 3. The van der Waals surface area contributed by atoms with Gasteiger partial charge < -0.3 is 15.2 Å². The molecule has 0 unspecified atom stereocenters. The molecule has 0 atom stereocenters. The summed E-state index contributed by atoms with van der Waals surface area (Å²) in [6.45, 7) is 1.10. The summed E-state index contributed by atoms with van der Waals surface area (Å²) in [7, 11) is 1.60. The number of nitrogens with zero attached hydrogens (tertiary/aromatic N) is 3. The van der Waals surface area contributed by atoms with E-state index in [-0.39, 0.29) is 24.1 Å². The van der Waals surface area contributed by atoms with Crippen LogP contribution in [0.1, 0.15) is 41.4 Å². The fourth-order valence-electron chi connectivity index (χ4n) is 1.99. The molecule has 110 valence electrons. The molecule has 2 N–H and O–H groups in total. The van der Waals surface area contributed by atoms with Crippen LogP contribution in [-0.2, 0) is 16.1 Å². The molecule has 0 radical (unpaired) electrons. The van der Waals surface area contributed by atoms with Crippen molar-refractivity contribution in [1.82, 2.24) is 20.3 Å². The summed E-state index contributed by atoms with van der Waals surface area (Å²) in [5, 5.41) is 19.2. The van der Waals surface area contributed by atoms with Gasteiger partial charge in [0.25, 0.3) is 0 Å². The predicted octanol–water partition coefficient (Wildman–Crippen LogP) is 0.00640. The zero-order valence-electron chi connectivity index (χ0n) is 11.3. The molecule has 0 bridgehead atoms. The third-order valence-corrected chi connectivity index (χ3v) is 3.08. The third-order valence-electron chi connectivity index (χ3n) is 3.08. The summed E-state index contributed by atoms with van der Waals surface area (Å²) in [6.07, 6.45) is 2.57. The van der Waals surface area contributed by atoms with Crippen molar-refractivity contribution < 1.29 is 19.4 Å². The molecule has 1 aromatic rings. The number of nitrogens with one attached hydrogen (secondary N) is 1. The first-order valence-electron chi connectivity index (χ1n) is 6.55. The highest BCUT2D eigenvalue weighted by Gasteiger charge is 2.34. The van der Waals surface area contributed by atoms with Gasteiger partial charge in [0.15, 0.2) is 5.69 Å². The molecule has 0 aromatic carbocycles. The van der Waals surface area contributed by atoms with Crippen molar-refractivity contribution in [3.8, 4) is 0 Å². The number of ether oxygens (including phenoxy) is 1. The van der Waals surface area contributed by atoms with Crippen molar-refractivity contribution in [1.29, 1.82) is 0 Å². The largest absolute Gasteiger partial charge is 0.476 e. The molecule has 20 heavy (non-hydrogen) atoms. The van der Waals surface area contributed by atoms with E-state index >= 15 is 0 Å². The molecule has 1 amide bonds. The number of carboxylic acids is 1. The van der Waals surface area contributed by atoms with Gasteiger partial charge in [-0.3, -0.25) is 4.79 Å². The predicted molar refractivity (Wildman–Crippen MR) is 68.5 cm³/mol. The lowest BCUT2D eigenvalue weighted by Crippen LogP contribution is -2.30. The number of carbonyl (C=O) groups excluding carboxylic acids is 1. The minimum atomic E-state index is -1.10. The third kappa shape index (κ3) is 3.53. The fraction of sp³-hybridized carbons (Fsp3) is 0.667. The van der Waals surface area contributed by atoms with Crippen LogP contribution in [-0.4, -0.2) is 52.2 Å². The quantitative estimate of drug-likeness (QED) is 0.650. The van der Waals surface area contributed by atoms with Crippen LogP contribution in [0.2, 0.25) is 0 Å². The van der Waals surface area contributed by atoms with E-state index < -0.39 is 5.97 Å². The van der Waals surface area contributed by atoms with Crippen molar-refractivity contribution in [2.24, 2.45) is 0 Å². The van der Waals surface area contributed by atoms with Crippen molar-refractivity contribution >= 4 is 11.9 Å². The van der Waals surface area contributed by atoms with Crippen molar-refractivity contribution in [2.75, 3.05) is 20.3 Å². The average molecular weight is 282 g/mol. The lowest BCUT2D eigenvalue weighted by Gasteiger charge is -2.07. The van der Waals surface area contributed by atoms with Gasteiger partial charge in [-0.05, 0) is 19.3 Å². The molecule has 0 aliphatic heterocycles. The summed E-state index contributed by atoms with van der Waals surface area (Å²) < 4.78 is 6.28. The normalized spacial score (nSPS) is 14.2. The fourth-order valence-corrected chi connectivity index (χ4v) is 1.99. The molecule has 0 spiro atoms. The Labute approximate surface area is 116 Å². The Morgan fingerprint density at radius 3 is 2.85 bits per heavy atom. The SMILES string of the molecule is COCCCNC(=O)Cn1nnc(C(=O)O)c1C1CC1. The first-order chi connectivity index (χ1) is 9.63. The first kappa shape index (κ1) is 14.4. The van der Waals surface area contributed by atoms with Gasteiger partial charge in [0.2, 0.25) is 5.91 Å². The summed E-state index contributed by atoms with van der Waals surface area (Å²) in [6, 6.07) is 0. The Balaban J connectivity index is 1.95. The molecule has 1 aromatic heterocycles. The maximum Gasteiger partial charge on any atom is 0.358 e. The molecule has 8 heteroatoms. The van der Waals surface area contributed by atoms with Crippen LogP contribution in [0.25, 0.3) is 0 Å². The highest BCUT2D eigenvalue weighted by atomic mass is 16.5. The zero-order valence-corrected chi connectivity index (χ0v) is 11.3. The number of rotatable bonds is 8. The van der Waals surface area contributed by atoms with Gasteiger partial charge in [-0.25, -0.2) is 9.48 Å². The van der Waals surface area contributed by atoms with Crippen LogP contribution in [0, 0.1) is 0 Å². The van der Waals surface area contributed by atoms with Crippen molar-refractivity contribution in [3.63, 3.8) is 0 Å². The monoisotopic (exact) mass is 282 g/mol. The lowest BCUT2D eigenvalue weighted by molar-refractivity contribution is -0.121. The van der Waals surface area contributed by atoms with E-state index in [1.54, 1.807) is 7.11 Å². The number of aromatic carboxylic acids is 1. The summed E-state index contributed by atoms with van der Waals surface area (Å²) >= 11 is 0. The maximum atomic E-state index is 11.8. The van der Waals surface area contributed by atoms with E-state index in [2.05, 4.69) is 15.6 Å². The van der Waals surface area contributed by atoms with Crippen LogP contribution in [0.15, 0.2) is 0 Å². The highest BCUT2D eigenvalue weighted by Crippen LogP contribution is 2.41. The zero-order chi connectivity index (χ0) is 14.5. The second-order valence-corrected chi connectivity index (χ2v) is 4.76. The molecule has 1 fully saturated rings. The standard InChI is InChI=1S/C12H18N4O4/c1-20-6-2-5-13-9(17)7-16-11(8-3-4-8)10(12(18)19)14-15-16/h8H,2-7H2,1H3,(H,13,17)(H,18,19). The molecule has 1 heterocycles. The second kappa shape index (κ2) is 6.47. The van der Waals surface area contributed by atoms with Gasteiger partial charge in [0, 0.05) is 26.2 Å². The van der Waals surface area contributed by atoms with Gasteiger partial charge >= 0.3 is 5.97 Å². The van der Waals surface area contributed by atoms with E-state index in [4.69, 9.17) is 9.84 Å². The summed E-state index contributed by atoms with van der Waals surface area (Å²) in [5.41, 5.74) is 0.518. The lowest BCUT2D eigenvalue weighted by atomic mass is 10.2. The van der Waals surface area contributed by atoms with Gasteiger partial charge in [-0.1, -0.05) is 5.21 Å². The molecule has 8 nitrogen and oxygen atoms in total. The minimum Gasteiger partial charge on any atom is -0.476 e. The smallest absolute Gasteiger partial charge is 0.358 e. The molecular weight excluding hydrogens is 264 g/mol. The Morgan fingerprint density at radius 2 is 2.25 bits per heavy atom. The van der Waals surface area contributed by atoms with E-state index in [1.165, 1.54) is 4.68 Å².